The van der Waals surface area contributed by atoms with Crippen molar-refractivity contribution in [2.75, 3.05) is 0 Å². The van der Waals surface area contributed by atoms with Gasteiger partial charge < -0.3 is 5.11 Å². The molecule has 0 fully saturated rings. The number of carbonyl (C=O) groups excluding carboxylic acids is 1. The zero-order valence-corrected chi connectivity index (χ0v) is 12.4. The number of aromatic nitrogens is 3. The average molecular weight is 309 g/mol. The van der Waals surface area contributed by atoms with Crippen LogP contribution in [0.1, 0.15) is 18.5 Å². The fraction of sp³-hybridized carbons (Fsp3) is 0.125. The van der Waals surface area contributed by atoms with Crippen molar-refractivity contribution in [2.45, 2.75) is 13.0 Å². The van der Waals surface area contributed by atoms with Crippen molar-refractivity contribution >= 4 is 23.2 Å². The largest absolute Gasteiger partial charge is 0.508 e. The lowest BCUT2D eigenvalue weighted by molar-refractivity contribution is -0.124. The molecular formula is C16H15N5O2. The molecule has 0 aliphatic rings. The number of nitrogens with one attached hydrogen (secondary N) is 1. The third kappa shape index (κ3) is 3.18. The summed E-state index contributed by atoms with van der Waals surface area (Å²) in [5, 5.41) is 21.2. The molecule has 1 unspecified atom stereocenters. The maximum Gasteiger partial charge on any atom is 0.264 e. The molecule has 2 N–H and O–H groups in total. The summed E-state index contributed by atoms with van der Waals surface area (Å²) in [7, 11) is 0. The molecule has 0 bridgehead atoms. The first-order chi connectivity index (χ1) is 11.1. The van der Waals surface area contributed by atoms with E-state index < -0.39 is 6.04 Å². The number of hydrazone groups is 1. The maximum absolute atomic E-state index is 12.2. The minimum absolute atomic E-state index is 0.179. The standard InChI is InChI=1S/C16H15N5O2/c1-11(21-15-5-3-2-4-14(15)18-20-21)16(23)19-17-10-12-6-8-13(22)9-7-12/h2-11,22H,1H3,(H,19,23). The van der Waals surface area contributed by atoms with Crippen LogP contribution in [0, 0.1) is 0 Å². The summed E-state index contributed by atoms with van der Waals surface area (Å²) < 4.78 is 1.56. The number of hydrogen-bond donors (Lipinski definition) is 2. The Bertz CT molecular complexity index is 854. The fourth-order valence-electron chi connectivity index (χ4n) is 2.11. The number of hydrogen-bond acceptors (Lipinski definition) is 5. The van der Waals surface area contributed by atoms with Gasteiger partial charge in [0.15, 0.2) is 0 Å². The highest BCUT2D eigenvalue weighted by Crippen LogP contribution is 2.15. The number of benzene rings is 2. The van der Waals surface area contributed by atoms with Crippen molar-refractivity contribution < 1.29 is 9.90 Å². The van der Waals surface area contributed by atoms with Gasteiger partial charge in [-0.1, -0.05) is 17.3 Å². The molecule has 0 aliphatic carbocycles. The molecule has 23 heavy (non-hydrogen) atoms. The lowest BCUT2D eigenvalue weighted by atomic mass is 10.2. The van der Waals surface area contributed by atoms with E-state index in [0.717, 1.165) is 16.6 Å². The lowest BCUT2D eigenvalue weighted by Crippen LogP contribution is -2.28. The van der Waals surface area contributed by atoms with Crippen LogP contribution in [-0.2, 0) is 4.79 Å². The van der Waals surface area contributed by atoms with Gasteiger partial charge >= 0.3 is 0 Å². The van der Waals surface area contributed by atoms with Crippen molar-refractivity contribution in [3.63, 3.8) is 0 Å². The third-order valence-electron chi connectivity index (χ3n) is 3.41. The number of aromatic hydroxyl groups is 1. The summed E-state index contributed by atoms with van der Waals surface area (Å²) in [6.07, 6.45) is 1.50. The molecule has 1 heterocycles. The van der Waals surface area contributed by atoms with Gasteiger partial charge in [0.1, 0.15) is 17.3 Å². The predicted octanol–water partition coefficient (Wildman–Crippen LogP) is 1.85. The molecule has 1 amide bonds. The smallest absolute Gasteiger partial charge is 0.264 e. The molecule has 7 heteroatoms. The molecular weight excluding hydrogens is 294 g/mol. The highest BCUT2D eigenvalue weighted by molar-refractivity contribution is 5.85. The van der Waals surface area contributed by atoms with Crippen LogP contribution in [0.2, 0.25) is 0 Å². The SMILES string of the molecule is CC(C(=O)NN=Cc1ccc(O)cc1)n1nnc2ccccc21. The maximum atomic E-state index is 12.2. The Morgan fingerprint density at radius 2 is 2.00 bits per heavy atom. The van der Waals surface area contributed by atoms with Crippen molar-refractivity contribution in [1.82, 2.24) is 20.4 Å². The Hall–Kier alpha value is -3.22. The zero-order chi connectivity index (χ0) is 16.2. The second kappa shape index (κ2) is 6.27. The van der Waals surface area contributed by atoms with Crippen molar-refractivity contribution in [3.8, 4) is 5.75 Å². The Morgan fingerprint density at radius 3 is 2.78 bits per heavy atom. The van der Waals surface area contributed by atoms with Gasteiger partial charge in [-0.3, -0.25) is 4.79 Å². The van der Waals surface area contributed by atoms with Crippen LogP contribution in [0.4, 0.5) is 0 Å². The molecule has 0 saturated carbocycles. The number of phenolic OH excluding ortho intramolecular Hbond substituents is 1. The Kier molecular flexibility index (Phi) is 4.01. The number of fused-ring (bicyclic) bond motifs is 1. The number of carbonyl (C=O) groups is 1. The van der Waals surface area contributed by atoms with Crippen LogP contribution < -0.4 is 5.43 Å². The lowest BCUT2D eigenvalue weighted by Gasteiger charge is -2.10. The molecule has 1 atom stereocenters. The first-order valence-corrected chi connectivity index (χ1v) is 7.07. The Labute approximate surface area is 132 Å². The minimum atomic E-state index is -0.542. The van der Waals surface area contributed by atoms with E-state index in [9.17, 15) is 9.90 Å². The second-order valence-corrected chi connectivity index (χ2v) is 5.02. The second-order valence-electron chi connectivity index (χ2n) is 5.02. The van der Waals surface area contributed by atoms with Crippen molar-refractivity contribution in [1.29, 1.82) is 0 Å². The van der Waals surface area contributed by atoms with E-state index in [1.807, 2.05) is 24.3 Å². The van der Waals surface area contributed by atoms with Gasteiger partial charge in [-0.2, -0.15) is 5.10 Å². The van der Waals surface area contributed by atoms with Gasteiger partial charge in [-0.25, -0.2) is 10.1 Å². The monoisotopic (exact) mass is 309 g/mol. The van der Waals surface area contributed by atoms with Crippen molar-refractivity contribution in [2.24, 2.45) is 5.10 Å². The summed E-state index contributed by atoms with van der Waals surface area (Å²) >= 11 is 0. The van der Waals surface area contributed by atoms with E-state index in [1.165, 1.54) is 6.21 Å². The molecule has 0 aliphatic heterocycles. The van der Waals surface area contributed by atoms with Crippen LogP contribution in [0.25, 0.3) is 11.0 Å². The molecule has 7 nitrogen and oxygen atoms in total. The van der Waals surface area contributed by atoms with E-state index >= 15 is 0 Å². The number of rotatable bonds is 4. The Balaban J connectivity index is 1.69. The number of amides is 1. The quantitative estimate of drug-likeness (QED) is 0.568. The molecule has 2 aromatic carbocycles. The highest BCUT2D eigenvalue weighted by Gasteiger charge is 2.17. The topological polar surface area (TPSA) is 92.4 Å². The molecule has 0 saturated heterocycles. The molecule has 0 radical (unpaired) electrons. The van der Waals surface area contributed by atoms with Crippen LogP contribution in [0.15, 0.2) is 53.6 Å². The van der Waals surface area contributed by atoms with E-state index in [0.29, 0.717) is 0 Å². The zero-order valence-electron chi connectivity index (χ0n) is 12.4. The first kappa shape index (κ1) is 14.7. The van der Waals surface area contributed by atoms with Gasteiger partial charge in [0.05, 0.1) is 11.7 Å². The van der Waals surface area contributed by atoms with E-state index in [4.69, 9.17) is 0 Å². The molecule has 1 aromatic heterocycles. The molecule has 3 rings (SSSR count). The van der Waals surface area contributed by atoms with E-state index in [-0.39, 0.29) is 11.7 Å². The van der Waals surface area contributed by atoms with Crippen molar-refractivity contribution in [3.05, 3.63) is 54.1 Å². The first-order valence-electron chi connectivity index (χ1n) is 7.07. The Morgan fingerprint density at radius 1 is 1.26 bits per heavy atom. The van der Waals surface area contributed by atoms with Crippen LogP contribution in [0.5, 0.6) is 5.75 Å². The summed E-state index contributed by atoms with van der Waals surface area (Å²) in [5.74, 6) is -0.117. The van der Waals surface area contributed by atoms with Crippen LogP contribution in [-0.4, -0.2) is 32.2 Å². The third-order valence-corrected chi connectivity index (χ3v) is 3.41. The average Bonchev–Trinajstić information content (AvgIpc) is 3.00. The molecule has 0 spiro atoms. The number of nitrogens with zero attached hydrogens (tertiary/aromatic N) is 4. The number of para-hydroxylation sites is 1. The van der Waals surface area contributed by atoms with Gasteiger partial charge in [0, 0.05) is 0 Å². The normalized spacial score (nSPS) is 12.6. The van der Waals surface area contributed by atoms with Crippen LogP contribution in [0.3, 0.4) is 0 Å². The number of phenols is 1. The summed E-state index contributed by atoms with van der Waals surface area (Å²) in [6, 6.07) is 13.4. The predicted molar refractivity (Wildman–Crippen MR) is 86.1 cm³/mol. The summed E-state index contributed by atoms with van der Waals surface area (Å²) in [6.45, 7) is 1.73. The molecule has 3 aromatic rings. The summed E-state index contributed by atoms with van der Waals surface area (Å²) in [5.41, 5.74) is 4.77. The van der Waals surface area contributed by atoms with Gasteiger partial charge in [-0.05, 0) is 48.9 Å². The van der Waals surface area contributed by atoms with Gasteiger partial charge in [0.2, 0.25) is 0 Å². The molecule has 116 valence electrons. The minimum Gasteiger partial charge on any atom is -0.508 e. The fourth-order valence-corrected chi connectivity index (χ4v) is 2.11. The highest BCUT2D eigenvalue weighted by atomic mass is 16.3. The van der Waals surface area contributed by atoms with E-state index in [2.05, 4.69) is 20.8 Å². The van der Waals surface area contributed by atoms with Crippen LogP contribution >= 0.6 is 0 Å². The van der Waals surface area contributed by atoms with Gasteiger partial charge in [-0.15, -0.1) is 5.10 Å². The van der Waals surface area contributed by atoms with E-state index in [1.54, 1.807) is 35.9 Å². The summed E-state index contributed by atoms with van der Waals surface area (Å²) in [4.78, 5) is 12.2. The van der Waals surface area contributed by atoms with Gasteiger partial charge in [0.25, 0.3) is 5.91 Å².